The number of aromatic nitrogens is 1. The smallest absolute Gasteiger partial charge is 0.337 e. The Kier molecular flexibility index (Phi) is 4.17. The lowest BCUT2D eigenvalue weighted by atomic mass is 10.0. The van der Waals surface area contributed by atoms with Gasteiger partial charge in [0.15, 0.2) is 11.2 Å². The normalized spacial score (nSPS) is 13.4. The quantitative estimate of drug-likeness (QED) is 0.520. The van der Waals surface area contributed by atoms with Crippen molar-refractivity contribution in [1.29, 1.82) is 0 Å². The summed E-state index contributed by atoms with van der Waals surface area (Å²) in [7, 11) is 1.34. The van der Waals surface area contributed by atoms with Crippen molar-refractivity contribution in [2.75, 3.05) is 13.7 Å². The molecule has 0 saturated carbocycles. The van der Waals surface area contributed by atoms with E-state index in [1.807, 2.05) is 6.07 Å². The van der Waals surface area contributed by atoms with Crippen molar-refractivity contribution in [2.24, 2.45) is 0 Å². The highest BCUT2D eigenvalue weighted by molar-refractivity contribution is 5.97. The highest BCUT2D eigenvalue weighted by atomic mass is 16.5. The summed E-state index contributed by atoms with van der Waals surface area (Å²) in [5.41, 5.74) is 3.50. The standard InChI is InChI=1S/C23H18N2O5/c1-29-23(28)13-6-7-17-15(10-13)16-12-25(9-8-18(16)24-17)22(27)21-11-19(26)14-4-2-3-5-20(14)30-21/h2-7,10-11,24H,8-9,12H2,1H3. The lowest BCUT2D eigenvalue weighted by Gasteiger charge is -2.26. The number of hydrogen-bond donors (Lipinski definition) is 1. The number of para-hydroxylation sites is 1. The molecule has 3 heterocycles. The van der Waals surface area contributed by atoms with E-state index in [2.05, 4.69) is 4.98 Å². The fourth-order valence-corrected chi connectivity index (χ4v) is 4.00. The number of esters is 1. The Balaban J connectivity index is 1.51. The van der Waals surface area contributed by atoms with Crippen LogP contribution in [0.2, 0.25) is 0 Å². The van der Waals surface area contributed by atoms with Gasteiger partial charge in [-0.25, -0.2) is 4.79 Å². The van der Waals surface area contributed by atoms with Gasteiger partial charge in [0, 0.05) is 47.7 Å². The van der Waals surface area contributed by atoms with Gasteiger partial charge in [-0.05, 0) is 30.3 Å². The molecule has 2 aromatic heterocycles. The molecule has 0 aliphatic carbocycles. The van der Waals surface area contributed by atoms with Gasteiger partial charge in [-0.1, -0.05) is 12.1 Å². The van der Waals surface area contributed by atoms with Crippen molar-refractivity contribution < 1.29 is 18.7 Å². The molecular weight excluding hydrogens is 384 g/mol. The van der Waals surface area contributed by atoms with E-state index in [-0.39, 0.29) is 17.1 Å². The number of carbonyl (C=O) groups is 2. The van der Waals surface area contributed by atoms with Crippen LogP contribution in [0.4, 0.5) is 0 Å². The second kappa shape index (κ2) is 6.88. The third-order valence-corrected chi connectivity index (χ3v) is 5.53. The third-order valence-electron chi connectivity index (χ3n) is 5.53. The van der Waals surface area contributed by atoms with Gasteiger partial charge in [-0.2, -0.15) is 0 Å². The summed E-state index contributed by atoms with van der Waals surface area (Å²) in [6.45, 7) is 0.856. The Labute approximate surface area is 170 Å². The van der Waals surface area contributed by atoms with E-state index in [0.717, 1.165) is 22.2 Å². The first kappa shape index (κ1) is 18.2. The predicted octanol–water partition coefficient (Wildman–Crippen LogP) is 3.26. The van der Waals surface area contributed by atoms with E-state index in [0.29, 0.717) is 36.0 Å². The average molecular weight is 402 g/mol. The molecule has 30 heavy (non-hydrogen) atoms. The maximum atomic E-state index is 13.1. The second-order valence-electron chi connectivity index (χ2n) is 7.28. The number of nitrogens with one attached hydrogen (secondary N) is 1. The van der Waals surface area contributed by atoms with Crippen LogP contribution in [0.3, 0.4) is 0 Å². The number of nitrogens with zero attached hydrogens (tertiary/aromatic N) is 1. The number of aromatic amines is 1. The number of amides is 1. The largest absolute Gasteiger partial charge is 0.465 e. The van der Waals surface area contributed by atoms with Crippen molar-refractivity contribution >= 4 is 33.7 Å². The molecule has 7 heteroatoms. The molecule has 0 bridgehead atoms. The van der Waals surface area contributed by atoms with Gasteiger partial charge in [0.25, 0.3) is 5.91 Å². The zero-order valence-corrected chi connectivity index (χ0v) is 16.2. The fourth-order valence-electron chi connectivity index (χ4n) is 4.00. The molecular formula is C23H18N2O5. The van der Waals surface area contributed by atoms with Crippen molar-refractivity contribution in [3.05, 3.63) is 81.3 Å². The number of methoxy groups -OCH3 is 1. The van der Waals surface area contributed by atoms with Gasteiger partial charge in [-0.3, -0.25) is 9.59 Å². The highest BCUT2D eigenvalue weighted by Crippen LogP contribution is 2.29. The molecule has 1 amide bonds. The first-order chi connectivity index (χ1) is 14.5. The summed E-state index contributed by atoms with van der Waals surface area (Å²) >= 11 is 0. The van der Waals surface area contributed by atoms with Gasteiger partial charge < -0.3 is 19.0 Å². The first-order valence-corrected chi connectivity index (χ1v) is 9.59. The van der Waals surface area contributed by atoms with E-state index in [9.17, 15) is 14.4 Å². The maximum Gasteiger partial charge on any atom is 0.337 e. The van der Waals surface area contributed by atoms with Gasteiger partial charge in [0.1, 0.15) is 5.58 Å². The minimum Gasteiger partial charge on any atom is -0.465 e. The van der Waals surface area contributed by atoms with Crippen LogP contribution in [-0.4, -0.2) is 35.4 Å². The van der Waals surface area contributed by atoms with Crippen molar-refractivity contribution in [3.8, 4) is 0 Å². The van der Waals surface area contributed by atoms with Gasteiger partial charge in [0.05, 0.1) is 18.1 Å². The van der Waals surface area contributed by atoms with Crippen LogP contribution >= 0.6 is 0 Å². The zero-order chi connectivity index (χ0) is 20.8. The fraction of sp³-hybridized carbons (Fsp3) is 0.174. The summed E-state index contributed by atoms with van der Waals surface area (Å²) in [5, 5.41) is 1.33. The van der Waals surface area contributed by atoms with Crippen LogP contribution in [0.1, 0.15) is 32.2 Å². The first-order valence-electron chi connectivity index (χ1n) is 9.59. The van der Waals surface area contributed by atoms with Crippen LogP contribution in [0.15, 0.2) is 57.7 Å². The molecule has 0 saturated heterocycles. The lowest BCUT2D eigenvalue weighted by Crippen LogP contribution is -2.36. The Morgan fingerprint density at radius 1 is 1.10 bits per heavy atom. The van der Waals surface area contributed by atoms with E-state index in [4.69, 9.17) is 9.15 Å². The SMILES string of the molecule is COC(=O)c1ccc2[nH]c3c(c2c1)CN(C(=O)c1cc(=O)c2ccccc2o1)CC3. The molecule has 0 radical (unpaired) electrons. The molecule has 4 aromatic rings. The Morgan fingerprint density at radius 3 is 2.77 bits per heavy atom. The number of carbonyl (C=O) groups excluding carboxylic acids is 2. The van der Waals surface area contributed by atoms with E-state index in [1.165, 1.54) is 13.2 Å². The summed E-state index contributed by atoms with van der Waals surface area (Å²) in [5.74, 6) is -0.715. The van der Waals surface area contributed by atoms with Crippen LogP contribution in [0.5, 0.6) is 0 Å². The van der Waals surface area contributed by atoms with Crippen molar-refractivity contribution in [2.45, 2.75) is 13.0 Å². The number of benzene rings is 2. The molecule has 0 unspecified atom stereocenters. The van der Waals surface area contributed by atoms with Crippen LogP contribution in [0, 0.1) is 0 Å². The summed E-state index contributed by atoms with van der Waals surface area (Å²) in [6, 6.07) is 13.5. The van der Waals surface area contributed by atoms with Gasteiger partial charge in [0.2, 0.25) is 0 Å². The zero-order valence-electron chi connectivity index (χ0n) is 16.2. The molecule has 7 nitrogen and oxygen atoms in total. The van der Waals surface area contributed by atoms with Crippen molar-refractivity contribution in [1.82, 2.24) is 9.88 Å². The minimum atomic E-state index is -0.409. The van der Waals surface area contributed by atoms with E-state index in [1.54, 1.807) is 41.3 Å². The monoisotopic (exact) mass is 402 g/mol. The summed E-state index contributed by atoms with van der Waals surface area (Å²) in [4.78, 5) is 42.4. The van der Waals surface area contributed by atoms with Crippen molar-refractivity contribution in [3.63, 3.8) is 0 Å². The van der Waals surface area contributed by atoms with E-state index < -0.39 is 5.97 Å². The molecule has 0 fully saturated rings. The van der Waals surface area contributed by atoms with Crippen LogP contribution in [0.25, 0.3) is 21.9 Å². The van der Waals surface area contributed by atoms with Crippen LogP contribution < -0.4 is 5.43 Å². The summed E-state index contributed by atoms with van der Waals surface area (Å²) in [6.07, 6.45) is 0.640. The predicted molar refractivity (Wildman–Crippen MR) is 111 cm³/mol. The number of hydrogen-bond acceptors (Lipinski definition) is 5. The molecule has 1 aliphatic rings. The summed E-state index contributed by atoms with van der Waals surface area (Å²) < 4.78 is 10.5. The molecule has 5 rings (SSSR count). The lowest BCUT2D eigenvalue weighted by molar-refractivity contribution is 0.0600. The topological polar surface area (TPSA) is 92.6 Å². The molecule has 0 atom stereocenters. The molecule has 150 valence electrons. The molecule has 0 spiro atoms. The van der Waals surface area contributed by atoms with E-state index >= 15 is 0 Å². The molecule has 1 aliphatic heterocycles. The Morgan fingerprint density at radius 2 is 1.93 bits per heavy atom. The third kappa shape index (κ3) is 2.86. The average Bonchev–Trinajstić information content (AvgIpc) is 3.15. The maximum absolute atomic E-state index is 13.1. The molecule has 2 aromatic carbocycles. The van der Waals surface area contributed by atoms with Gasteiger partial charge >= 0.3 is 5.97 Å². The highest BCUT2D eigenvalue weighted by Gasteiger charge is 2.27. The second-order valence-corrected chi connectivity index (χ2v) is 7.28. The number of ether oxygens (including phenoxy) is 1. The minimum absolute atomic E-state index is 0.0252. The number of rotatable bonds is 2. The molecule has 1 N–H and O–H groups in total. The Hall–Kier alpha value is -3.87. The Bertz CT molecular complexity index is 1380. The number of H-pyrrole nitrogens is 1. The van der Waals surface area contributed by atoms with Crippen LogP contribution in [-0.2, 0) is 17.7 Å². The van der Waals surface area contributed by atoms with Gasteiger partial charge in [-0.15, -0.1) is 0 Å². The number of fused-ring (bicyclic) bond motifs is 4.